The van der Waals surface area contributed by atoms with E-state index in [2.05, 4.69) is 30.1 Å². The lowest BCUT2D eigenvalue weighted by Gasteiger charge is -2.45. The van der Waals surface area contributed by atoms with Crippen molar-refractivity contribution in [2.75, 3.05) is 18.8 Å². The maximum Gasteiger partial charge on any atom is 0.255 e. The third-order valence-corrected chi connectivity index (χ3v) is 8.50. The summed E-state index contributed by atoms with van der Waals surface area (Å²) in [7, 11) is 0. The predicted molar refractivity (Wildman–Crippen MR) is 131 cm³/mol. The van der Waals surface area contributed by atoms with Crippen LogP contribution in [0.2, 0.25) is 0 Å². The average Bonchev–Trinajstić information content (AvgIpc) is 2.83. The third kappa shape index (κ3) is 4.14. The van der Waals surface area contributed by atoms with Crippen LogP contribution in [0.4, 0.5) is 0 Å². The molecule has 0 bridgehead atoms. The molecule has 1 fully saturated rings. The Hall–Kier alpha value is -2.08. The van der Waals surface area contributed by atoms with Crippen molar-refractivity contribution in [2.24, 2.45) is 5.92 Å². The SMILES string of the molecule is CCN(CC)C(=O)CSc1nc2c(c(=O)[nH]1)C(CC)(C1CCCCC1)Cc1ccccc1-2. The van der Waals surface area contributed by atoms with Crippen molar-refractivity contribution in [3.63, 3.8) is 0 Å². The van der Waals surface area contributed by atoms with Gasteiger partial charge in [-0.3, -0.25) is 9.59 Å². The molecule has 0 aliphatic heterocycles. The fourth-order valence-corrected chi connectivity index (χ4v) is 6.67. The van der Waals surface area contributed by atoms with Crippen LogP contribution in [0.3, 0.4) is 0 Å². The van der Waals surface area contributed by atoms with Gasteiger partial charge in [-0.05, 0) is 51.0 Å². The van der Waals surface area contributed by atoms with Crippen LogP contribution >= 0.6 is 11.8 Å². The van der Waals surface area contributed by atoms with E-state index in [1.165, 1.54) is 49.4 Å². The van der Waals surface area contributed by atoms with Crippen molar-refractivity contribution in [1.82, 2.24) is 14.9 Å². The summed E-state index contributed by atoms with van der Waals surface area (Å²) in [6, 6.07) is 8.42. The number of rotatable bonds is 7. The van der Waals surface area contributed by atoms with Crippen LogP contribution in [0, 0.1) is 5.92 Å². The molecule has 1 aromatic carbocycles. The number of H-pyrrole nitrogens is 1. The van der Waals surface area contributed by atoms with Gasteiger partial charge in [0, 0.05) is 24.1 Å². The van der Waals surface area contributed by atoms with Gasteiger partial charge < -0.3 is 9.88 Å². The van der Waals surface area contributed by atoms with Crippen molar-refractivity contribution < 1.29 is 4.79 Å². The lowest BCUT2D eigenvalue weighted by atomic mass is 9.58. The number of nitrogens with zero attached hydrogens (tertiary/aromatic N) is 2. The fraction of sp³-hybridized carbons (Fsp3) is 0.577. The van der Waals surface area contributed by atoms with E-state index >= 15 is 0 Å². The first-order valence-corrected chi connectivity index (χ1v) is 13.2. The molecule has 32 heavy (non-hydrogen) atoms. The quantitative estimate of drug-likeness (QED) is 0.463. The molecule has 6 heteroatoms. The molecular formula is C26H35N3O2S. The maximum atomic E-state index is 13.6. The second-order valence-corrected chi connectivity index (χ2v) is 10.1. The third-order valence-electron chi connectivity index (χ3n) is 7.64. The number of benzene rings is 1. The molecule has 4 rings (SSSR count). The number of aromatic nitrogens is 2. The average molecular weight is 454 g/mol. The summed E-state index contributed by atoms with van der Waals surface area (Å²) in [5.74, 6) is 0.872. The first-order chi connectivity index (χ1) is 15.5. The summed E-state index contributed by atoms with van der Waals surface area (Å²) in [6.45, 7) is 7.59. The van der Waals surface area contributed by atoms with Gasteiger partial charge in [-0.2, -0.15) is 0 Å². The molecule has 5 nitrogen and oxygen atoms in total. The highest BCUT2D eigenvalue weighted by molar-refractivity contribution is 7.99. The number of amides is 1. The second kappa shape index (κ2) is 9.82. The highest BCUT2D eigenvalue weighted by Gasteiger charge is 2.46. The van der Waals surface area contributed by atoms with Crippen LogP contribution in [-0.2, 0) is 16.6 Å². The van der Waals surface area contributed by atoms with E-state index in [-0.39, 0.29) is 22.6 Å². The van der Waals surface area contributed by atoms with Crippen LogP contribution < -0.4 is 5.56 Å². The molecule has 1 aromatic heterocycles. The number of aromatic amines is 1. The molecule has 1 atom stereocenters. The topological polar surface area (TPSA) is 66.1 Å². The van der Waals surface area contributed by atoms with Gasteiger partial charge in [0.05, 0.1) is 17.0 Å². The minimum absolute atomic E-state index is 0.0188. The number of fused-ring (bicyclic) bond motifs is 3. The van der Waals surface area contributed by atoms with Gasteiger partial charge in [0.1, 0.15) is 0 Å². The van der Waals surface area contributed by atoms with Crippen molar-refractivity contribution in [3.05, 3.63) is 45.7 Å². The molecule has 1 N–H and O–H groups in total. The van der Waals surface area contributed by atoms with Crippen LogP contribution in [0.1, 0.15) is 70.4 Å². The molecule has 1 saturated carbocycles. The van der Waals surface area contributed by atoms with E-state index in [0.29, 0.717) is 24.2 Å². The van der Waals surface area contributed by atoms with E-state index in [9.17, 15) is 9.59 Å². The Morgan fingerprint density at radius 2 is 1.88 bits per heavy atom. The Balaban J connectivity index is 1.76. The van der Waals surface area contributed by atoms with E-state index in [4.69, 9.17) is 4.98 Å². The monoisotopic (exact) mass is 453 g/mol. The molecule has 1 heterocycles. The molecule has 2 aliphatic carbocycles. The molecule has 2 aromatic rings. The van der Waals surface area contributed by atoms with Crippen LogP contribution in [0.25, 0.3) is 11.3 Å². The second-order valence-electron chi connectivity index (χ2n) is 9.13. The minimum Gasteiger partial charge on any atom is -0.343 e. The van der Waals surface area contributed by atoms with Gasteiger partial charge in [-0.15, -0.1) is 0 Å². The summed E-state index contributed by atoms with van der Waals surface area (Å²) in [4.78, 5) is 35.9. The van der Waals surface area contributed by atoms with Crippen LogP contribution in [-0.4, -0.2) is 39.6 Å². The Morgan fingerprint density at radius 3 is 2.56 bits per heavy atom. The summed E-state index contributed by atoms with van der Waals surface area (Å²) in [6.07, 6.45) is 8.01. The number of carbonyl (C=O) groups is 1. The number of hydrogen-bond donors (Lipinski definition) is 1. The van der Waals surface area contributed by atoms with Crippen LogP contribution in [0.15, 0.2) is 34.2 Å². The van der Waals surface area contributed by atoms with E-state index < -0.39 is 0 Å². The lowest BCUT2D eigenvalue weighted by Crippen LogP contribution is -2.45. The number of thioether (sulfide) groups is 1. The number of hydrogen-bond acceptors (Lipinski definition) is 4. The van der Waals surface area contributed by atoms with E-state index in [0.717, 1.165) is 29.7 Å². The van der Waals surface area contributed by atoms with Gasteiger partial charge >= 0.3 is 0 Å². The molecule has 1 amide bonds. The van der Waals surface area contributed by atoms with Gasteiger partial charge in [-0.25, -0.2) is 4.98 Å². The summed E-state index contributed by atoms with van der Waals surface area (Å²) in [5.41, 5.74) is 3.90. The minimum atomic E-state index is -0.162. The van der Waals surface area contributed by atoms with E-state index in [1.54, 1.807) is 0 Å². The van der Waals surface area contributed by atoms with Gasteiger partial charge in [-0.1, -0.05) is 62.2 Å². The highest BCUT2D eigenvalue weighted by Crippen LogP contribution is 2.50. The Bertz CT molecular complexity index is 1020. The van der Waals surface area contributed by atoms with Crippen molar-refractivity contribution in [2.45, 2.75) is 76.3 Å². The molecule has 0 radical (unpaired) electrons. The number of nitrogens with one attached hydrogen (secondary N) is 1. The fourth-order valence-electron chi connectivity index (χ4n) is 5.90. The first kappa shape index (κ1) is 23.1. The molecule has 2 aliphatic rings. The Morgan fingerprint density at radius 1 is 1.16 bits per heavy atom. The largest absolute Gasteiger partial charge is 0.343 e. The van der Waals surface area contributed by atoms with Crippen molar-refractivity contribution in [3.8, 4) is 11.3 Å². The first-order valence-electron chi connectivity index (χ1n) is 12.2. The molecule has 0 spiro atoms. The van der Waals surface area contributed by atoms with Crippen molar-refractivity contribution >= 4 is 17.7 Å². The molecule has 172 valence electrons. The molecule has 1 unspecified atom stereocenters. The van der Waals surface area contributed by atoms with Crippen molar-refractivity contribution in [1.29, 1.82) is 0 Å². The smallest absolute Gasteiger partial charge is 0.255 e. The lowest BCUT2D eigenvalue weighted by molar-refractivity contribution is -0.127. The molecule has 0 saturated heterocycles. The molecular weight excluding hydrogens is 418 g/mol. The zero-order chi connectivity index (χ0) is 22.7. The Labute approximate surface area is 195 Å². The van der Waals surface area contributed by atoms with E-state index in [1.807, 2.05) is 24.8 Å². The number of carbonyl (C=O) groups excluding carboxylic acids is 1. The summed E-state index contributed by atoms with van der Waals surface area (Å²) in [5, 5.41) is 0.541. The predicted octanol–water partition coefficient (Wildman–Crippen LogP) is 5.18. The van der Waals surface area contributed by atoms with Gasteiger partial charge in [0.15, 0.2) is 5.16 Å². The van der Waals surface area contributed by atoms with Gasteiger partial charge in [0.25, 0.3) is 5.56 Å². The zero-order valence-electron chi connectivity index (χ0n) is 19.6. The maximum absolute atomic E-state index is 13.6. The van der Waals surface area contributed by atoms with Gasteiger partial charge in [0.2, 0.25) is 5.91 Å². The highest BCUT2D eigenvalue weighted by atomic mass is 32.2. The van der Waals surface area contributed by atoms with Crippen LogP contribution in [0.5, 0.6) is 0 Å². The summed E-state index contributed by atoms with van der Waals surface area (Å²) < 4.78 is 0. The normalized spacial score (nSPS) is 20.5. The summed E-state index contributed by atoms with van der Waals surface area (Å²) >= 11 is 1.33. The zero-order valence-corrected chi connectivity index (χ0v) is 20.4. The Kier molecular flexibility index (Phi) is 7.08. The standard InChI is InChI=1S/C26H35N3O2S/c1-4-26(19-13-8-7-9-14-19)16-18-12-10-11-15-20(18)23-22(26)24(31)28-25(27-23)32-17-21(30)29(5-2)6-3/h10-12,15,19H,4-9,13-14,16-17H2,1-3H3,(H,27,28,31).